The van der Waals surface area contributed by atoms with Gasteiger partial charge in [0.05, 0.1) is 11.4 Å². The van der Waals surface area contributed by atoms with Gasteiger partial charge < -0.3 is 4.74 Å². The van der Waals surface area contributed by atoms with E-state index in [9.17, 15) is 8.42 Å². The van der Waals surface area contributed by atoms with Crippen molar-refractivity contribution < 1.29 is 13.2 Å². The minimum absolute atomic E-state index is 0.345. The van der Waals surface area contributed by atoms with Crippen molar-refractivity contribution in [3.8, 4) is 33.9 Å². The number of sulfonamides is 1. The molecule has 0 saturated carbocycles. The number of benzene rings is 2. The van der Waals surface area contributed by atoms with Crippen molar-refractivity contribution in [3.63, 3.8) is 0 Å². The number of anilines is 1. The van der Waals surface area contributed by atoms with Gasteiger partial charge in [-0.3, -0.25) is 14.3 Å². The van der Waals surface area contributed by atoms with E-state index in [1.54, 1.807) is 24.5 Å². The van der Waals surface area contributed by atoms with Crippen LogP contribution in [0.2, 0.25) is 25.7 Å². The molecular formula is C27H29I3N4O3SSi. The smallest absolute Gasteiger partial charge is 0.266 e. The van der Waals surface area contributed by atoms with E-state index < -0.39 is 16.9 Å². The maximum atomic E-state index is 12.7. The largest absolute Gasteiger partial charge is 0.361 e. The summed E-state index contributed by atoms with van der Waals surface area (Å²) in [6.45, 7) is 8.03. The highest BCUT2D eigenvalue weighted by Gasteiger charge is 2.35. The molecule has 0 unspecified atom stereocenters. The van der Waals surface area contributed by atoms with Crippen LogP contribution in [-0.4, -0.2) is 36.4 Å². The van der Waals surface area contributed by atoms with Crippen LogP contribution >= 0.6 is 67.8 Å². The summed E-state index contributed by atoms with van der Waals surface area (Å²) in [6.07, 6.45) is 3.51. The molecule has 0 fully saturated rings. The molecule has 4 aromatic rings. The molecule has 2 aromatic carbocycles. The Labute approximate surface area is 272 Å². The van der Waals surface area contributed by atoms with Crippen molar-refractivity contribution in [2.75, 3.05) is 11.3 Å². The molecular weight excluding hydrogens is 869 g/mol. The van der Waals surface area contributed by atoms with Crippen LogP contribution in [0.25, 0.3) is 33.9 Å². The monoisotopic (exact) mass is 898 g/mol. The Morgan fingerprint density at radius 2 is 1.54 bits per heavy atom. The molecule has 0 amide bonds. The van der Waals surface area contributed by atoms with Gasteiger partial charge in [-0.2, -0.15) is 0 Å². The number of nitrogens with zero attached hydrogens (tertiary/aromatic N) is 3. The third-order valence-electron chi connectivity index (χ3n) is 5.89. The van der Waals surface area contributed by atoms with Gasteiger partial charge in [-0.05, 0) is 98.1 Å². The van der Waals surface area contributed by atoms with Crippen molar-refractivity contribution in [3.05, 3.63) is 79.1 Å². The second-order valence-electron chi connectivity index (χ2n) is 10.1. The molecule has 0 spiro atoms. The minimum atomic E-state index is -3.58. The highest BCUT2D eigenvalue weighted by Crippen LogP contribution is 2.42. The molecule has 0 aliphatic carbocycles. The number of aromatic nitrogens is 3. The summed E-state index contributed by atoms with van der Waals surface area (Å²) in [6, 6.07) is 22.4. The van der Waals surface area contributed by atoms with Gasteiger partial charge in [-0.25, -0.2) is 13.4 Å². The standard InChI is InChI=1S/C27H29I3N4O3SSi/c1-39(2,3)18-17-37-19-34-25(21-9-11-23(12-10-21)33-38(35,36)27(28,29)30)24(20-13-15-31-16-14-20)32-26(34)22-7-5-4-6-8-22/h4-16,33H,17-19H2,1-3H3. The number of hydrogen-bond acceptors (Lipinski definition) is 5. The summed E-state index contributed by atoms with van der Waals surface area (Å²) in [5.41, 5.74) is 5.03. The zero-order valence-corrected chi connectivity index (χ0v) is 30.0. The van der Waals surface area contributed by atoms with Crippen LogP contribution in [0.5, 0.6) is 0 Å². The fourth-order valence-corrected chi connectivity index (χ4v) is 6.14. The fourth-order valence-electron chi connectivity index (χ4n) is 3.83. The molecule has 0 radical (unpaired) electrons. The molecule has 2 heterocycles. The first-order valence-corrected chi connectivity index (χ1v) is 20.6. The number of nitrogens with one attached hydrogen (secondary N) is 1. The molecule has 2 aromatic heterocycles. The minimum Gasteiger partial charge on any atom is -0.361 e. The molecule has 206 valence electrons. The van der Waals surface area contributed by atoms with Crippen molar-refractivity contribution in [2.24, 2.45) is 0 Å². The number of halogens is 3. The van der Waals surface area contributed by atoms with Crippen LogP contribution in [0.3, 0.4) is 0 Å². The number of hydrogen-bond donors (Lipinski definition) is 1. The number of pyridine rings is 1. The van der Waals surface area contributed by atoms with Crippen LogP contribution in [0.15, 0.2) is 79.1 Å². The lowest BCUT2D eigenvalue weighted by molar-refractivity contribution is 0.0893. The van der Waals surface area contributed by atoms with Crippen LogP contribution in [0.1, 0.15) is 0 Å². The van der Waals surface area contributed by atoms with Gasteiger partial charge in [-0.1, -0.05) is 62.1 Å². The molecule has 39 heavy (non-hydrogen) atoms. The van der Waals surface area contributed by atoms with Crippen molar-refractivity contribution in [1.29, 1.82) is 0 Å². The van der Waals surface area contributed by atoms with E-state index in [1.807, 2.05) is 122 Å². The van der Waals surface area contributed by atoms with E-state index in [0.29, 0.717) is 19.0 Å². The molecule has 0 aliphatic rings. The van der Waals surface area contributed by atoms with Crippen molar-refractivity contribution in [2.45, 2.75) is 31.2 Å². The topological polar surface area (TPSA) is 86.1 Å². The quantitative estimate of drug-likeness (QED) is 0.0710. The highest BCUT2D eigenvalue weighted by molar-refractivity contribution is 14.3. The fraction of sp³-hybridized carbons (Fsp3) is 0.259. The Bertz CT molecular complexity index is 1500. The van der Waals surface area contributed by atoms with E-state index in [0.717, 1.165) is 39.9 Å². The summed E-state index contributed by atoms with van der Waals surface area (Å²) in [7, 11) is -4.83. The summed E-state index contributed by atoms with van der Waals surface area (Å²) >= 11 is 5.70. The van der Waals surface area contributed by atoms with E-state index in [-0.39, 0.29) is 0 Å². The Kier molecular flexibility index (Phi) is 10.2. The normalized spacial score (nSPS) is 12.5. The molecule has 0 bridgehead atoms. The van der Waals surface area contributed by atoms with Gasteiger partial charge in [-0.15, -0.1) is 0 Å². The number of rotatable bonds is 11. The molecule has 1 N–H and O–H groups in total. The molecule has 12 heteroatoms. The lowest BCUT2D eigenvalue weighted by Crippen LogP contribution is -2.25. The van der Waals surface area contributed by atoms with Crippen LogP contribution < -0.4 is 4.72 Å². The number of alkyl halides is 3. The first-order chi connectivity index (χ1) is 18.4. The molecule has 0 aliphatic heterocycles. The van der Waals surface area contributed by atoms with Crippen LogP contribution in [0, 0.1) is 0 Å². The number of imidazole rings is 1. The van der Waals surface area contributed by atoms with Crippen molar-refractivity contribution in [1.82, 2.24) is 14.5 Å². The summed E-state index contributed by atoms with van der Waals surface area (Å²) in [4.78, 5) is 9.31. The molecule has 7 nitrogen and oxygen atoms in total. The molecule has 0 atom stereocenters. The average molecular weight is 898 g/mol. The Balaban J connectivity index is 1.81. The summed E-state index contributed by atoms with van der Waals surface area (Å²) in [5, 5.41) is 0. The zero-order valence-electron chi connectivity index (χ0n) is 21.7. The van der Waals surface area contributed by atoms with Crippen molar-refractivity contribution >= 4 is 91.6 Å². The molecule has 0 saturated heterocycles. The second kappa shape index (κ2) is 12.8. The first-order valence-electron chi connectivity index (χ1n) is 12.2. The predicted octanol–water partition coefficient (Wildman–Crippen LogP) is 8.25. The van der Waals surface area contributed by atoms with Gasteiger partial charge in [0, 0.05) is 49.5 Å². The maximum absolute atomic E-state index is 12.7. The van der Waals surface area contributed by atoms with E-state index in [2.05, 4.69) is 33.9 Å². The summed E-state index contributed by atoms with van der Waals surface area (Å²) < 4.78 is 35.4. The molecule has 4 rings (SSSR count). The SMILES string of the molecule is C[Si](C)(C)CCOCn1c(-c2ccccc2)nc(-c2ccncc2)c1-c1ccc(NS(=O)(=O)C(I)(I)I)cc1. The van der Waals surface area contributed by atoms with E-state index >= 15 is 0 Å². The third kappa shape index (κ3) is 8.02. The van der Waals surface area contributed by atoms with Crippen LogP contribution in [-0.2, 0) is 21.5 Å². The Morgan fingerprint density at radius 1 is 0.897 bits per heavy atom. The first kappa shape index (κ1) is 30.9. The van der Waals surface area contributed by atoms with E-state index in [1.165, 1.54) is 0 Å². The Morgan fingerprint density at radius 3 is 2.13 bits per heavy atom. The highest BCUT2D eigenvalue weighted by atomic mass is 127. The maximum Gasteiger partial charge on any atom is 0.266 e. The lowest BCUT2D eigenvalue weighted by Gasteiger charge is -2.18. The predicted molar refractivity (Wildman–Crippen MR) is 188 cm³/mol. The average Bonchev–Trinajstić information content (AvgIpc) is 3.26. The van der Waals surface area contributed by atoms with Gasteiger partial charge >= 0.3 is 0 Å². The van der Waals surface area contributed by atoms with Gasteiger partial charge in [0.2, 0.25) is -1.23 Å². The second-order valence-corrected chi connectivity index (χ2v) is 30.8. The van der Waals surface area contributed by atoms with Gasteiger partial charge in [0.15, 0.2) is 0 Å². The third-order valence-corrected chi connectivity index (χ3v) is 13.9. The Hall–Kier alpha value is -1.08. The lowest BCUT2D eigenvalue weighted by atomic mass is 10.1. The number of ether oxygens (including phenoxy) is 1. The zero-order chi connectivity index (χ0) is 28.3. The summed E-state index contributed by atoms with van der Waals surface area (Å²) in [5.74, 6) is 0.805. The van der Waals surface area contributed by atoms with Gasteiger partial charge in [0.1, 0.15) is 12.6 Å². The van der Waals surface area contributed by atoms with Crippen LogP contribution in [0.4, 0.5) is 5.69 Å². The van der Waals surface area contributed by atoms with E-state index in [4.69, 9.17) is 9.72 Å². The van der Waals surface area contributed by atoms with Gasteiger partial charge in [0.25, 0.3) is 10.0 Å².